The van der Waals surface area contributed by atoms with Crippen LogP contribution in [-0.4, -0.2) is 23.0 Å². The molecule has 0 aliphatic rings. The van der Waals surface area contributed by atoms with Crippen molar-refractivity contribution in [1.82, 2.24) is 4.79 Å². The predicted octanol–water partition coefficient (Wildman–Crippen LogP) is 2.22. The molecule has 0 aliphatic heterocycles. The third-order valence-corrected chi connectivity index (χ3v) is 2.28. The van der Waals surface area contributed by atoms with Gasteiger partial charge in [0.1, 0.15) is 11.3 Å². The van der Waals surface area contributed by atoms with Crippen LogP contribution in [0.3, 0.4) is 0 Å². The summed E-state index contributed by atoms with van der Waals surface area (Å²) in [7, 11) is 1.38. The van der Waals surface area contributed by atoms with Crippen molar-refractivity contribution in [2.45, 2.75) is 0 Å². The zero-order chi connectivity index (χ0) is 11.9. The number of ether oxygens (including phenoxy) is 1. The molecule has 1 aromatic heterocycles. The van der Waals surface area contributed by atoms with Crippen LogP contribution in [-0.2, 0) is 0 Å². The number of methoxy groups -OCH3 is 1. The molecule has 2 aromatic rings. The first-order chi connectivity index (χ1) is 7.56. The Balaban J connectivity index is 2.84. The molecule has 0 saturated carbocycles. The van der Waals surface area contributed by atoms with Gasteiger partial charge in [-0.25, -0.2) is 4.79 Å². The predicted molar refractivity (Wildman–Crippen MR) is 51.9 cm³/mol. The zero-order valence-corrected chi connectivity index (χ0v) is 8.20. The number of carbonyl (C=O) groups is 1. The number of hydrogen-bond donors (Lipinski definition) is 1. The number of nitrogens with zero attached hydrogens (tertiary/aromatic N) is 1. The second kappa shape index (κ2) is 3.48. The van der Waals surface area contributed by atoms with Gasteiger partial charge in [0.2, 0.25) is 5.95 Å². The van der Waals surface area contributed by atoms with Crippen LogP contribution in [0.1, 0.15) is 10.4 Å². The monoisotopic (exact) mass is 227 g/mol. The summed E-state index contributed by atoms with van der Waals surface area (Å²) < 4.78 is 31.4. The van der Waals surface area contributed by atoms with E-state index >= 15 is 0 Å². The quantitative estimate of drug-likeness (QED) is 0.855. The van der Waals surface area contributed by atoms with Crippen molar-refractivity contribution < 1.29 is 23.5 Å². The number of carboxylic acids is 1. The number of aromatic nitrogens is 1. The van der Waals surface area contributed by atoms with E-state index < -0.39 is 17.5 Å². The number of benzene rings is 1. The smallest absolute Gasteiger partial charge is 0.341 e. The maximum atomic E-state index is 13.3. The standard InChI is InChI=1S/C10H7F2NO3/c1-16-5-2-3-6-7(4-5)13(12)9(11)8(6)10(14)15/h2-4H,1H3,(H,14,15). The van der Waals surface area contributed by atoms with E-state index in [2.05, 4.69) is 0 Å². The summed E-state index contributed by atoms with van der Waals surface area (Å²) in [4.78, 5) is 10.4. The molecule has 0 fully saturated rings. The van der Waals surface area contributed by atoms with Gasteiger partial charge in [0.25, 0.3) is 0 Å². The highest BCUT2D eigenvalue weighted by Crippen LogP contribution is 2.28. The topological polar surface area (TPSA) is 51.5 Å². The Kier molecular flexibility index (Phi) is 2.26. The molecule has 0 radical (unpaired) electrons. The van der Waals surface area contributed by atoms with Gasteiger partial charge in [-0.1, -0.05) is 4.48 Å². The van der Waals surface area contributed by atoms with Crippen LogP contribution in [0.25, 0.3) is 10.9 Å². The highest BCUT2D eigenvalue weighted by atomic mass is 19.2. The number of fused-ring (bicyclic) bond motifs is 1. The van der Waals surface area contributed by atoms with Crippen molar-refractivity contribution in [2.75, 3.05) is 7.11 Å². The van der Waals surface area contributed by atoms with E-state index in [1.165, 1.54) is 25.3 Å². The average molecular weight is 227 g/mol. The fourth-order valence-electron chi connectivity index (χ4n) is 1.53. The molecule has 1 aromatic carbocycles. The summed E-state index contributed by atoms with van der Waals surface area (Å²) in [6.45, 7) is 0. The molecule has 2 rings (SSSR count). The van der Waals surface area contributed by atoms with Crippen molar-refractivity contribution in [1.29, 1.82) is 0 Å². The Morgan fingerprint density at radius 2 is 2.19 bits per heavy atom. The van der Waals surface area contributed by atoms with Gasteiger partial charge in [-0.15, -0.1) is 4.79 Å². The van der Waals surface area contributed by atoms with E-state index in [-0.39, 0.29) is 15.7 Å². The molecule has 0 aliphatic carbocycles. The average Bonchev–Trinajstić information content (AvgIpc) is 2.51. The van der Waals surface area contributed by atoms with Crippen LogP contribution in [0.15, 0.2) is 18.2 Å². The van der Waals surface area contributed by atoms with Crippen LogP contribution < -0.4 is 4.74 Å². The highest BCUT2D eigenvalue weighted by molar-refractivity contribution is 6.04. The molecule has 0 saturated heterocycles. The molecule has 0 spiro atoms. The molecule has 0 unspecified atom stereocenters. The Labute approximate surface area is 88.6 Å². The minimum Gasteiger partial charge on any atom is -0.497 e. The summed E-state index contributed by atoms with van der Waals surface area (Å²) in [5.74, 6) is -2.61. The van der Waals surface area contributed by atoms with Crippen LogP contribution in [0.5, 0.6) is 5.75 Å². The first kappa shape index (κ1) is 10.4. The fourth-order valence-corrected chi connectivity index (χ4v) is 1.53. The zero-order valence-electron chi connectivity index (χ0n) is 8.20. The minimum absolute atomic E-state index is 0.00620. The first-order valence-corrected chi connectivity index (χ1v) is 4.33. The molecule has 6 heteroatoms. The van der Waals surface area contributed by atoms with Gasteiger partial charge in [-0.2, -0.15) is 4.39 Å². The van der Waals surface area contributed by atoms with Crippen molar-refractivity contribution in [3.63, 3.8) is 0 Å². The number of hydrogen-bond acceptors (Lipinski definition) is 2. The molecular formula is C10H7F2NO3. The maximum absolute atomic E-state index is 13.3. The third-order valence-electron chi connectivity index (χ3n) is 2.28. The van der Waals surface area contributed by atoms with Crippen LogP contribution >= 0.6 is 0 Å². The largest absolute Gasteiger partial charge is 0.497 e. The lowest BCUT2D eigenvalue weighted by atomic mass is 10.1. The molecule has 16 heavy (non-hydrogen) atoms. The normalized spacial score (nSPS) is 10.7. The molecule has 0 bridgehead atoms. The number of halogens is 2. The van der Waals surface area contributed by atoms with E-state index in [9.17, 15) is 13.7 Å². The lowest BCUT2D eigenvalue weighted by Gasteiger charge is -1.99. The van der Waals surface area contributed by atoms with Crippen LogP contribution in [0, 0.1) is 5.95 Å². The Bertz CT molecular complexity index is 577. The fraction of sp³-hybridized carbons (Fsp3) is 0.100. The van der Waals surface area contributed by atoms with E-state index in [0.717, 1.165) is 0 Å². The summed E-state index contributed by atoms with van der Waals surface area (Å²) >= 11 is 0. The lowest BCUT2D eigenvalue weighted by molar-refractivity contribution is 0.0691. The van der Waals surface area contributed by atoms with E-state index in [1.807, 2.05) is 0 Å². The van der Waals surface area contributed by atoms with Crippen LogP contribution in [0.4, 0.5) is 8.87 Å². The number of carboxylic acid groups (broad SMARTS) is 1. The SMILES string of the molecule is COc1ccc2c(C(=O)O)c(F)n(F)c2c1. The molecular weight excluding hydrogens is 220 g/mol. The van der Waals surface area contributed by atoms with Crippen molar-refractivity contribution in [2.24, 2.45) is 0 Å². The molecule has 1 heterocycles. The van der Waals surface area contributed by atoms with Gasteiger partial charge >= 0.3 is 5.97 Å². The van der Waals surface area contributed by atoms with Crippen molar-refractivity contribution >= 4 is 16.9 Å². The van der Waals surface area contributed by atoms with Gasteiger partial charge in [-0.05, 0) is 12.1 Å². The molecule has 0 atom stereocenters. The van der Waals surface area contributed by atoms with Gasteiger partial charge in [0.15, 0.2) is 0 Å². The summed E-state index contributed by atoms with van der Waals surface area (Å²) in [5.41, 5.74) is -0.852. The number of aromatic carboxylic acids is 1. The van der Waals surface area contributed by atoms with Crippen molar-refractivity contribution in [3.8, 4) is 5.75 Å². The molecule has 4 nitrogen and oxygen atoms in total. The lowest BCUT2D eigenvalue weighted by Crippen LogP contribution is -1.99. The van der Waals surface area contributed by atoms with Gasteiger partial charge in [-0.3, -0.25) is 0 Å². The van der Waals surface area contributed by atoms with Gasteiger partial charge in [0.05, 0.1) is 12.6 Å². The molecule has 84 valence electrons. The highest BCUT2D eigenvalue weighted by Gasteiger charge is 2.22. The van der Waals surface area contributed by atoms with Gasteiger partial charge in [0, 0.05) is 11.5 Å². The minimum atomic E-state index is -1.51. The second-order valence-electron chi connectivity index (χ2n) is 3.13. The second-order valence-corrected chi connectivity index (χ2v) is 3.13. The van der Waals surface area contributed by atoms with E-state index in [0.29, 0.717) is 5.75 Å². The van der Waals surface area contributed by atoms with Crippen molar-refractivity contribution in [3.05, 3.63) is 29.7 Å². The summed E-state index contributed by atoms with van der Waals surface area (Å²) in [6.07, 6.45) is 0. The van der Waals surface area contributed by atoms with Gasteiger partial charge < -0.3 is 9.84 Å². The number of rotatable bonds is 2. The summed E-state index contributed by atoms with van der Waals surface area (Å²) in [6, 6.07) is 3.97. The summed E-state index contributed by atoms with van der Waals surface area (Å²) in [5, 5.41) is 8.75. The molecule has 1 N–H and O–H groups in total. The first-order valence-electron chi connectivity index (χ1n) is 4.33. The third kappa shape index (κ3) is 1.30. The maximum Gasteiger partial charge on any atom is 0.341 e. The molecule has 0 amide bonds. The van der Waals surface area contributed by atoms with Crippen LogP contribution in [0.2, 0.25) is 0 Å². The Morgan fingerprint density at radius 1 is 1.50 bits per heavy atom. The Morgan fingerprint density at radius 3 is 2.75 bits per heavy atom. The Hall–Kier alpha value is -2.11. The van der Waals surface area contributed by atoms with E-state index in [1.54, 1.807) is 0 Å². The van der Waals surface area contributed by atoms with E-state index in [4.69, 9.17) is 9.84 Å².